The zero-order chi connectivity index (χ0) is 18.9. The Labute approximate surface area is 170 Å². The van der Waals surface area contributed by atoms with E-state index in [4.69, 9.17) is 4.42 Å². The first-order valence-corrected chi connectivity index (χ1v) is 11.3. The van der Waals surface area contributed by atoms with Crippen LogP contribution in [0.2, 0.25) is 0 Å². The summed E-state index contributed by atoms with van der Waals surface area (Å²) >= 11 is 1.79. The fourth-order valence-electron chi connectivity index (χ4n) is 5.20. The standard InChI is InChI=1S/C22H26N4OS/c1-15(19-14-17-4-5-18(19)13-17)26-21(20-3-2-11-27-20)24-25-22(26)28-12-8-16-6-9-23-10-7-16/h2-3,6-7,9-11,15,17-19H,4-5,8,12-14H2,1H3/t15-,17?,18?,19?/m0/s1. The summed E-state index contributed by atoms with van der Waals surface area (Å²) in [4.78, 5) is 4.10. The van der Waals surface area contributed by atoms with Crippen LogP contribution in [0.3, 0.4) is 0 Å². The van der Waals surface area contributed by atoms with Gasteiger partial charge in [-0.3, -0.25) is 9.55 Å². The van der Waals surface area contributed by atoms with Crippen LogP contribution < -0.4 is 0 Å². The highest BCUT2D eigenvalue weighted by molar-refractivity contribution is 7.99. The van der Waals surface area contributed by atoms with E-state index in [1.165, 1.54) is 31.2 Å². The molecule has 0 spiro atoms. The minimum absolute atomic E-state index is 0.397. The largest absolute Gasteiger partial charge is 0.461 e. The molecule has 5 nitrogen and oxygen atoms in total. The van der Waals surface area contributed by atoms with E-state index in [2.05, 4.69) is 38.8 Å². The SMILES string of the molecule is C[C@@H](C1CC2CCC1C2)n1c(SCCc2ccncc2)nnc1-c1ccco1. The molecule has 6 heteroatoms. The van der Waals surface area contributed by atoms with Gasteiger partial charge in [0.1, 0.15) is 0 Å². The molecule has 2 fully saturated rings. The molecule has 3 unspecified atom stereocenters. The van der Waals surface area contributed by atoms with E-state index in [1.54, 1.807) is 18.0 Å². The van der Waals surface area contributed by atoms with Crippen LogP contribution in [0, 0.1) is 17.8 Å². The van der Waals surface area contributed by atoms with Crippen LogP contribution in [-0.2, 0) is 6.42 Å². The quantitative estimate of drug-likeness (QED) is 0.511. The van der Waals surface area contributed by atoms with Crippen LogP contribution >= 0.6 is 11.8 Å². The van der Waals surface area contributed by atoms with Gasteiger partial charge in [0.25, 0.3) is 0 Å². The molecule has 0 radical (unpaired) electrons. The lowest BCUT2D eigenvalue weighted by Gasteiger charge is -2.30. The van der Waals surface area contributed by atoms with Gasteiger partial charge < -0.3 is 4.42 Å². The van der Waals surface area contributed by atoms with Crippen molar-refractivity contribution in [3.05, 3.63) is 48.5 Å². The van der Waals surface area contributed by atoms with Gasteiger partial charge in [-0.2, -0.15) is 0 Å². The Kier molecular flexibility index (Phi) is 4.97. The number of aryl methyl sites for hydroxylation is 1. The van der Waals surface area contributed by atoms with E-state index in [-0.39, 0.29) is 0 Å². The highest BCUT2D eigenvalue weighted by Gasteiger charge is 2.43. The highest BCUT2D eigenvalue weighted by atomic mass is 32.2. The topological polar surface area (TPSA) is 56.7 Å². The minimum atomic E-state index is 0.397. The molecule has 146 valence electrons. The van der Waals surface area contributed by atoms with Gasteiger partial charge in [-0.15, -0.1) is 10.2 Å². The Balaban J connectivity index is 1.39. The molecular weight excluding hydrogens is 368 g/mol. The molecule has 0 aliphatic heterocycles. The summed E-state index contributed by atoms with van der Waals surface area (Å²) in [5.41, 5.74) is 1.31. The summed E-state index contributed by atoms with van der Waals surface area (Å²) in [5, 5.41) is 10.1. The average molecular weight is 395 g/mol. The van der Waals surface area contributed by atoms with Crippen molar-refractivity contribution in [1.82, 2.24) is 19.7 Å². The van der Waals surface area contributed by atoms with Gasteiger partial charge in [0.15, 0.2) is 10.9 Å². The molecule has 2 bridgehead atoms. The maximum Gasteiger partial charge on any atom is 0.200 e. The number of nitrogens with zero attached hydrogens (tertiary/aromatic N) is 4. The Hall–Kier alpha value is -2.08. The van der Waals surface area contributed by atoms with E-state index in [0.29, 0.717) is 6.04 Å². The van der Waals surface area contributed by atoms with Crippen molar-refractivity contribution in [3.8, 4) is 11.6 Å². The Morgan fingerprint density at radius 1 is 1.18 bits per heavy atom. The number of furan rings is 1. The summed E-state index contributed by atoms with van der Waals surface area (Å²) < 4.78 is 8.03. The maximum absolute atomic E-state index is 5.68. The lowest BCUT2D eigenvalue weighted by molar-refractivity contribution is 0.235. The molecule has 4 atom stereocenters. The van der Waals surface area contributed by atoms with Crippen LogP contribution in [0.4, 0.5) is 0 Å². The van der Waals surface area contributed by atoms with Gasteiger partial charge in [-0.25, -0.2) is 0 Å². The van der Waals surface area contributed by atoms with Crippen molar-refractivity contribution in [3.63, 3.8) is 0 Å². The maximum atomic E-state index is 5.68. The molecule has 5 rings (SSSR count). The zero-order valence-corrected chi connectivity index (χ0v) is 17.0. The third-order valence-electron chi connectivity index (χ3n) is 6.60. The lowest BCUT2D eigenvalue weighted by atomic mass is 9.84. The van der Waals surface area contributed by atoms with Gasteiger partial charge >= 0.3 is 0 Å². The second kappa shape index (κ2) is 7.74. The first kappa shape index (κ1) is 18.0. The summed E-state index contributed by atoms with van der Waals surface area (Å²) in [6, 6.07) is 8.47. The Morgan fingerprint density at radius 2 is 2.07 bits per heavy atom. The average Bonchev–Trinajstić information content (AvgIpc) is 3.52. The van der Waals surface area contributed by atoms with Crippen LogP contribution in [-0.4, -0.2) is 25.5 Å². The van der Waals surface area contributed by atoms with Gasteiger partial charge in [0.2, 0.25) is 5.82 Å². The lowest BCUT2D eigenvalue weighted by Crippen LogP contribution is -2.23. The monoisotopic (exact) mass is 394 g/mol. The first-order valence-electron chi connectivity index (χ1n) is 10.3. The second-order valence-corrected chi connectivity index (χ2v) is 9.25. The highest BCUT2D eigenvalue weighted by Crippen LogP contribution is 2.52. The van der Waals surface area contributed by atoms with Gasteiger partial charge in [-0.05, 0) is 80.2 Å². The molecule has 3 aromatic rings. The van der Waals surface area contributed by atoms with E-state index in [0.717, 1.165) is 46.7 Å². The smallest absolute Gasteiger partial charge is 0.200 e. The van der Waals surface area contributed by atoms with Gasteiger partial charge in [0, 0.05) is 24.2 Å². The van der Waals surface area contributed by atoms with Crippen LogP contribution in [0.25, 0.3) is 11.6 Å². The number of pyridine rings is 1. The van der Waals surface area contributed by atoms with Gasteiger partial charge in [-0.1, -0.05) is 18.2 Å². The molecule has 2 aliphatic rings. The second-order valence-electron chi connectivity index (χ2n) is 8.19. The fraction of sp³-hybridized carbons (Fsp3) is 0.500. The molecule has 0 saturated heterocycles. The molecule has 0 N–H and O–H groups in total. The Morgan fingerprint density at radius 3 is 2.79 bits per heavy atom. The minimum Gasteiger partial charge on any atom is -0.461 e. The summed E-state index contributed by atoms with van der Waals surface area (Å²) in [7, 11) is 0. The molecule has 3 heterocycles. The van der Waals surface area contributed by atoms with E-state index in [9.17, 15) is 0 Å². The zero-order valence-electron chi connectivity index (χ0n) is 16.2. The third kappa shape index (κ3) is 3.39. The predicted octanol–water partition coefficient (Wildman–Crippen LogP) is 5.27. The molecule has 0 amide bonds. The third-order valence-corrected chi connectivity index (χ3v) is 7.54. The number of aromatic nitrogens is 4. The van der Waals surface area contributed by atoms with Crippen molar-refractivity contribution in [2.24, 2.45) is 17.8 Å². The van der Waals surface area contributed by atoms with E-state index < -0.39 is 0 Å². The van der Waals surface area contributed by atoms with Crippen molar-refractivity contribution in [1.29, 1.82) is 0 Å². The molecule has 0 aromatic carbocycles. The van der Waals surface area contributed by atoms with Crippen molar-refractivity contribution in [2.45, 2.75) is 50.2 Å². The van der Waals surface area contributed by atoms with Crippen LogP contribution in [0.15, 0.2) is 52.5 Å². The molecule has 2 aliphatic carbocycles. The Bertz CT molecular complexity index is 908. The number of thioether (sulfide) groups is 1. The fourth-order valence-corrected chi connectivity index (χ4v) is 6.21. The molecule has 2 saturated carbocycles. The van der Waals surface area contributed by atoms with Crippen LogP contribution in [0.1, 0.15) is 44.2 Å². The van der Waals surface area contributed by atoms with Crippen molar-refractivity contribution < 1.29 is 4.42 Å². The normalized spacial score (nSPS) is 24.7. The van der Waals surface area contributed by atoms with Crippen molar-refractivity contribution >= 4 is 11.8 Å². The number of rotatable bonds is 7. The number of hydrogen-bond acceptors (Lipinski definition) is 5. The first-order chi connectivity index (χ1) is 13.8. The molecule has 3 aromatic heterocycles. The van der Waals surface area contributed by atoms with Crippen molar-refractivity contribution in [2.75, 3.05) is 5.75 Å². The van der Waals surface area contributed by atoms with Gasteiger partial charge in [0.05, 0.1) is 6.26 Å². The molecule has 28 heavy (non-hydrogen) atoms. The summed E-state index contributed by atoms with van der Waals surface area (Å²) in [6.45, 7) is 2.36. The number of fused-ring (bicyclic) bond motifs is 2. The predicted molar refractivity (Wildman–Crippen MR) is 110 cm³/mol. The number of hydrogen-bond donors (Lipinski definition) is 0. The summed E-state index contributed by atoms with van der Waals surface area (Å²) in [5.74, 6) is 5.17. The van der Waals surface area contributed by atoms with E-state index in [1.807, 2.05) is 24.5 Å². The molecular formula is C22H26N4OS. The summed E-state index contributed by atoms with van der Waals surface area (Å²) in [6.07, 6.45) is 12.0. The van der Waals surface area contributed by atoms with E-state index >= 15 is 0 Å². The van der Waals surface area contributed by atoms with Crippen LogP contribution in [0.5, 0.6) is 0 Å².